The molecule has 1 aromatic heterocycles. The lowest BCUT2D eigenvalue weighted by Crippen LogP contribution is -2.36. The van der Waals surface area contributed by atoms with Gasteiger partial charge in [0.15, 0.2) is 0 Å². The summed E-state index contributed by atoms with van der Waals surface area (Å²) in [5, 5.41) is 0.958. The van der Waals surface area contributed by atoms with Gasteiger partial charge in [-0.1, -0.05) is 18.2 Å². The van der Waals surface area contributed by atoms with Gasteiger partial charge in [0.1, 0.15) is 17.5 Å². The predicted octanol–water partition coefficient (Wildman–Crippen LogP) is 2.70. The zero-order valence-electron chi connectivity index (χ0n) is 17.8. The number of amides is 1. The first-order valence-electron chi connectivity index (χ1n) is 10.3. The standard InChI is InChI=1S/C24H27N3O4/c1-16(17-6-8-21-18(12-17)7-9-23(29)26-21)31-20-5-3-4-19(13-20)24(30-2)10-11-27(15-24)14-22(25)28/h3-9,12-13,16H,10-11,14-15H2,1-2H3,(H2,25,28)(H,26,29). The molecule has 3 N–H and O–H groups in total. The van der Waals surface area contributed by atoms with Crippen LogP contribution in [0.5, 0.6) is 5.75 Å². The van der Waals surface area contributed by atoms with E-state index in [1.807, 2.05) is 60.4 Å². The van der Waals surface area contributed by atoms with Crippen LogP contribution in [-0.4, -0.2) is 42.5 Å². The van der Waals surface area contributed by atoms with Gasteiger partial charge >= 0.3 is 0 Å². The van der Waals surface area contributed by atoms with E-state index in [1.165, 1.54) is 6.07 Å². The number of methoxy groups -OCH3 is 1. The van der Waals surface area contributed by atoms with Crippen LogP contribution in [0.2, 0.25) is 0 Å². The molecule has 7 nitrogen and oxygen atoms in total. The molecule has 2 aromatic carbocycles. The third-order valence-electron chi connectivity index (χ3n) is 5.97. The van der Waals surface area contributed by atoms with E-state index in [0.29, 0.717) is 6.54 Å². The zero-order valence-corrected chi connectivity index (χ0v) is 17.8. The molecule has 1 saturated heterocycles. The number of aromatic nitrogens is 1. The lowest BCUT2D eigenvalue weighted by atomic mass is 9.92. The van der Waals surface area contributed by atoms with Crippen LogP contribution in [0.25, 0.3) is 10.9 Å². The van der Waals surface area contributed by atoms with Gasteiger partial charge in [-0.15, -0.1) is 0 Å². The fourth-order valence-electron chi connectivity index (χ4n) is 4.28. The van der Waals surface area contributed by atoms with Crippen molar-refractivity contribution in [3.05, 3.63) is 76.1 Å². The molecule has 1 fully saturated rings. The van der Waals surface area contributed by atoms with Crippen molar-refractivity contribution >= 4 is 16.8 Å². The Labute approximate surface area is 180 Å². The summed E-state index contributed by atoms with van der Waals surface area (Å²) in [7, 11) is 1.70. The number of nitrogens with one attached hydrogen (secondary N) is 1. The summed E-state index contributed by atoms with van der Waals surface area (Å²) in [5.41, 5.74) is 7.58. The number of carbonyl (C=O) groups is 1. The fraction of sp³-hybridized carbons (Fsp3) is 0.333. The van der Waals surface area contributed by atoms with Crippen molar-refractivity contribution in [2.75, 3.05) is 26.7 Å². The fourth-order valence-corrected chi connectivity index (χ4v) is 4.28. The summed E-state index contributed by atoms with van der Waals surface area (Å²) in [6, 6.07) is 17.1. The molecule has 1 aliphatic heterocycles. The van der Waals surface area contributed by atoms with E-state index in [0.717, 1.165) is 40.7 Å². The number of primary amides is 1. The lowest BCUT2D eigenvalue weighted by Gasteiger charge is -2.29. The minimum Gasteiger partial charge on any atom is -0.486 e. The molecule has 31 heavy (non-hydrogen) atoms. The van der Waals surface area contributed by atoms with Gasteiger partial charge in [-0.2, -0.15) is 0 Å². The maximum absolute atomic E-state index is 11.5. The number of ether oxygens (including phenoxy) is 2. The van der Waals surface area contributed by atoms with Crippen molar-refractivity contribution < 1.29 is 14.3 Å². The Bertz CT molecular complexity index is 1160. The monoisotopic (exact) mass is 421 g/mol. The Morgan fingerprint density at radius 1 is 1.23 bits per heavy atom. The van der Waals surface area contributed by atoms with Crippen molar-refractivity contribution in [2.24, 2.45) is 5.73 Å². The Hall–Kier alpha value is -3.16. The second-order valence-electron chi connectivity index (χ2n) is 8.08. The van der Waals surface area contributed by atoms with Gasteiger partial charge in [0.2, 0.25) is 11.5 Å². The maximum atomic E-state index is 11.5. The normalized spacial score (nSPS) is 20.1. The lowest BCUT2D eigenvalue weighted by molar-refractivity contribution is -0.119. The third kappa shape index (κ3) is 4.47. The van der Waals surface area contributed by atoms with Crippen molar-refractivity contribution in [3.63, 3.8) is 0 Å². The average molecular weight is 421 g/mol. The number of aromatic amines is 1. The van der Waals surface area contributed by atoms with Gasteiger partial charge in [-0.25, -0.2) is 0 Å². The van der Waals surface area contributed by atoms with E-state index in [1.54, 1.807) is 7.11 Å². The van der Waals surface area contributed by atoms with Gasteiger partial charge < -0.3 is 20.2 Å². The first-order valence-corrected chi connectivity index (χ1v) is 10.3. The number of benzene rings is 2. The van der Waals surface area contributed by atoms with E-state index in [4.69, 9.17) is 15.2 Å². The van der Waals surface area contributed by atoms with Crippen LogP contribution >= 0.6 is 0 Å². The number of pyridine rings is 1. The van der Waals surface area contributed by atoms with Crippen LogP contribution in [-0.2, 0) is 15.1 Å². The number of hydrogen-bond acceptors (Lipinski definition) is 5. The van der Waals surface area contributed by atoms with Crippen LogP contribution in [0, 0.1) is 0 Å². The number of hydrogen-bond donors (Lipinski definition) is 2. The van der Waals surface area contributed by atoms with E-state index < -0.39 is 5.60 Å². The number of rotatable bonds is 7. The summed E-state index contributed by atoms with van der Waals surface area (Å²) in [5.74, 6) is 0.411. The molecule has 0 saturated carbocycles. The highest BCUT2D eigenvalue weighted by Crippen LogP contribution is 2.37. The van der Waals surface area contributed by atoms with Crippen LogP contribution < -0.4 is 16.0 Å². The molecular formula is C24H27N3O4. The Balaban J connectivity index is 1.53. The number of carbonyl (C=O) groups excluding carboxylic acids is 1. The quantitative estimate of drug-likeness (QED) is 0.611. The molecule has 0 bridgehead atoms. The highest BCUT2D eigenvalue weighted by Gasteiger charge is 2.40. The summed E-state index contributed by atoms with van der Waals surface area (Å²) in [4.78, 5) is 27.6. The Morgan fingerprint density at radius 3 is 2.84 bits per heavy atom. The van der Waals surface area contributed by atoms with Crippen LogP contribution in [0.4, 0.5) is 0 Å². The Morgan fingerprint density at radius 2 is 2.06 bits per heavy atom. The maximum Gasteiger partial charge on any atom is 0.248 e. The number of likely N-dealkylation sites (tertiary alicyclic amines) is 1. The number of nitrogens with two attached hydrogens (primary N) is 1. The van der Waals surface area contributed by atoms with Crippen LogP contribution in [0.1, 0.15) is 30.6 Å². The molecule has 0 spiro atoms. The minimum atomic E-state index is -0.493. The second kappa shape index (κ2) is 8.53. The molecule has 0 aliphatic carbocycles. The SMILES string of the molecule is COC1(c2cccc(OC(C)c3ccc4[nH]c(=O)ccc4c3)c2)CCN(CC(N)=O)C1. The van der Waals surface area contributed by atoms with E-state index in [-0.39, 0.29) is 24.1 Å². The van der Waals surface area contributed by atoms with Crippen molar-refractivity contribution in [2.45, 2.75) is 25.0 Å². The topological polar surface area (TPSA) is 97.7 Å². The molecule has 1 aliphatic rings. The molecule has 162 valence electrons. The average Bonchev–Trinajstić information content (AvgIpc) is 3.17. The summed E-state index contributed by atoms with van der Waals surface area (Å²) >= 11 is 0. The smallest absolute Gasteiger partial charge is 0.248 e. The van der Waals surface area contributed by atoms with Crippen molar-refractivity contribution in [1.82, 2.24) is 9.88 Å². The molecule has 0 radical (unpaired) electrons. The number of H-pyrrole nitrogens is 1. The van der Waals surface area contributed by atoms with Gasteiger partial charge in [0, 0.05) is 31.8 Å². The molecule has 2 heterocycles. The van der Waals surface area contributed by atoms with Gasteiger partial charge in [0.05, 0.1) is 6.54 Å². The van der Waals surface area contributed by atoms with Crippen LogP contribution in [0.3, 0.4) is 0 Å². The largest absolute Gasteiger partial charge is 0.486 e. The van der Waals surface area contributed by atoms with E-state index >= 15 is 0 Å². The highest BCUT2D eigenvalue weighted by molar-refractivity contribution is 5.79. The molecule has 4 rings (SSSR count). The Kier molecular flexibility index (Phi) is 5.80. The zero-order chi connectivity index (χ0) is 22.0. The second-order valence-corrected chi connectivity index (χ2v) is 8.08. The minimum absolute atomic E-state index is 0.116. The van der Waals surface area contributed by atoms with Gasteiger partial charge in [0.25, 0.3) is 0 Å². The first kappa shape index (κ1) is 21.1. The predicted molar refractivity (Wildman–Crippen MR) is 119 cm³/mol. The summed E-state index contributed by atoms with van der Waals surface area (Å²) in [6.07, 6.45) is 0.596. The number of fused-ring (bicyclic) bond motifs is 1. The van der Waals surface area contributed by atoms with Crippen molar-refractivity contribution in [3.8, 4) is 5.75 Å². The van der Waals surface area contributed by atoms with Gasteiger partial charge in [-0.3, -0.25) is 14.5 Å². The molecule has 2 unspecified atom stereocenters. The summed E-state index contributed by atoms with van der Waals surface area (Å²) in [6.45, 7) is 3.58. The van der Waals surface area contributed by atoms with E-state index in [2.05, 4.69) is 4.98 Å². The third-order valence-corrected chi connectivity index (χ3v) is 5.97. The highest BCUT2D eigenvalue weighted by atomic mass is 16.5. The molecule has 3 aromatic rings. The molecule has 1 amide bonds. The molecular weight excluding hydrogens is 394 g/mol. The van der Waals surface area contributed by atoms with Crippen LogP contribution in [0.15, 0.2) is 59.4 Å². The number of nitrogens with zero attached hydrogens (tertiary/aromatic N) is 1. The first-order chi connectivity index (χ1) is 14.9. The van der Waals surface area contributed by atoms with Crippen molar-refractivity contribution in [1.29, 1.82) is 0 Å². The molecule has 7 heteroatoms. The molecule has 2 atom stereocenters. The van der Waals surface area contributed by atoms with E-state index in [9.17, 15) is 9.59 Å². The van der Waals surface area contributed by atoms with Gasteiger partial charge in [-0.05, 0) is 60.2 Å². The summed E-state index contributed by atoms with van der Waals surface area (Å²) < 4.78 is 12.2.